The van der Waals surface area contributed by atoms with Gasteiger partial charge in [-0.05, 0) is 17.9 Å². The van der Waals surface area contributed by atoms with Gasteiger partial charge in [0.15, 0.2) is 0 Å². The van der Waals surface area contributed by atoms with E-state index in [0.717, 1.165) is 10.4 Å². The number of ether oxygens (including phenoxy) is 1. The lowest BCUT2D eigenvalue weighted by Gasteiger charge is -2.18. The number of aryl methyl sites for hydroxylation is 1. The van der Waals surface area contributed by atoms with Crippen LogP contribution in [0.3, 0.4) is 0 Å². The molecule has 0 radical (unpaired) electrons. The summed E-state index contributed by atoms with van der Waals surface area (Å²) in [7, 11) is -0.301. The van der Waals surface area contributed by atoms with Crippen molar-refractivity contribution in [1.29, 1.82) is 0 Å². The molecule has 7 heteroatoms. The summed E-state index contributed by atoms with van der Waals surface area (Å²) in [6.07, 6.45) is 0. The smallest absolute Gasteiger partial charge is 0.244 e. The lowest BCUT2D eigenvalue weighted by atomic mass is 10.3. The van der Waals surface area contributed by atoms with Gasteiger partial charge in [-0.1, -0.05) is 13.8 Å². The second-order valence-electron chi connectivity index (χ2n) is 5.03. The Labute approximate surface area is 126 Å². The fourth-order valence-corrected chi connectivity index (χ4v) is 4.61. The monoisotopic (exact) mass is 320 g/mol. The van der Waals surface area contributed by atoms with Gasteiger partial charge in [-0.3, -0.25) is 0 Å². The highest BCUT2D eigenvalue weighted by molar-refractivity contribution is 7.89. The van der Waals surface area contributed by atoms with Gasteiger partial charge in [0.2, 0.25) is 10.0 Å². The van der Waals surface area contributed by atoms with Crippen molar-refractivity contribution in [3.05, 3.63) is 15.8 Å². The molecule has 0 spiro atoms. The summed E-state index contributed by atoms with van der Waals surface area (Å²) in [5, 5.41) is 5.17. The van der Waals surface area contributed by atoms with E-state index in [1.54, 1.807) is 14.2 Å². The summed E-state index contributed by atoms with van der Waals surface area (Å²) < 4.78 is 31.6. The zero-order valence-corrected chi connectivity index (χ0v) is 14.4. The van der Waals surface area contributed by atoms with Gasteiger partial charge in [-0.25, -0.2) is 8.42 Å². The molecule has 0 aromatic carbocycles. The Balaban J connectivity index is 3.01. The molecule has 0 atom stereocenters. The zero-order valence-electron chi connectivity index (χ0n) is 12.8. The van der Waals surface area contributed by atoms with Gasteiger partial charge in [-0.15, -0.1) is 11.3 Å². The van der Waals surface area contributed by atoms with Crippen LogP contribution < -0.4 is 5.32 Å². The molecule has 0 aliphatic carbocycles. The fourth-order valence-electron chi connectivity index (χ4n) is 1.75. The van der Waals surface area contributed by atoms with Crippen molar-refractivity contribution < 1.29 is 13.2 Å². The molecule has 0 unspecified atom stereocenters. The first-order valence-electron chi connectivity index (χ1n) is 6.56. The zero-order chi connectivity index (χ0) is 15.3. The number of sulfonamides is 1. The standard InChI is InChI=1S/C13H24N2O3S2/c1-10(2)14-8-12-13(11(3)9-19-12)20(16,17)15(4)6-7-18-5/h9-10,14H,6-8H2,1-5H3. The highest BCUT2D eigenvalue weighted by atomic mass is 32.2. The lowest BCUT2D eigenvalue weighted by molar-refractivity contribution is 0.185. The minimum absolute atomic E-state index is 0.319. The maximum atomic E-state index is 12.6. The van der Waals surface area contributed by atoms with Crippen LogP contribution in [0.15, 0.2) is 10.3 Å². The van der Waals surface area contributed by atoms with Crippen molar-refractivity contribution in [3.8, 4) is 0 Å². The molecule has 1 N–H and O–H groups in total. The van der Waals surface area contributed by atoms with Crippen molar-refractivity contribution in [1.82, 2.24) is 9.62 Å². The number of hydrogen-bond acceptors (Lipinski definition) is 5. The van der Waals surface area contributed by atoms with E-state index >= 15 is 0 Å². The molecule has 1 aromatic rings. The van der Waals surface area contributed by atoms with E-state index in [1.807, 2.05) is 26.2 Å². The van der Waals surface area contributed by atoms with Gasteiger partial charge in [0.05, 0.1) is 6.61 Å². The van der Waals surface area contributed by atoms with Gasteiger partial charge in [-0.2, -0.15) is 4.31 Å². The Morgan fingerprint density at radius 2 is 2.10 bits per heavy atom. The minimum atomic E-state index is -3.45. The molecule has 0 aliphatic heterocycles. The molecule has 1 rings (SSSR count). The number of thiophene rings is 1. The molecule has 0 aliphatic rings. The van der Waals surface area contributed by atoms with Crippen LogP contribution in [-0.2, 0) is 21.3 Å². The van der Waals surface area contributed by atoms with Gasteiger partial charge < -0.3 is 10.1 Å². The maximum Gasteiger partial charge on any atom is 0.244 e. The van der Waals surface area contributed by atoms with Crippen LogP contribution in [0, 0.1) is 6.92 Å². The van der Waals surface area contributed by atoms with Gasteiger partial charge in [0.1, 0.15) is 4.90 Å². The molecule has 20 heavy (non-hydrogen) atoms. The van der Waals surface area contributed by atoms with E-state index in [0.29, 0.717) is 30.6 Å². The number of methoxy groups -OCH3 is 1. The fraction of sp³-hybridized carbons (Fsp3) is 0.692. The lowest BCUT2D eigenvalue weighted by Crippen LogP contribution is -2.31. The summed E-state index contributed by atoms with van der Waals surface area (Å²) in [6, 6.07) is 0.319. The summed E-state index contributed by atoms with van der Waals surface area (Å²) in [5.74, 6) is 0. The molecule has 5 nitrogen and oxygen atoms in total. The predicted octanol–water partition coefficient (Wildman–Crippen LogP) is 1.82. The summed E-state index contributed by atoms with van der Waals surface area (Å²) in [5.41, 5.74) is 0.805. The SMILES string of the molecule is COCCN(C)S(=O)(=O)c1c(C)csc1CNC(C)C. The van der Waals surface area contributed by atoms with E-state index in [4.69, 9.17) is 4.74 Å². The predicted molar refractivity (Wildman–Crippen MR) is 82.7 cm³/mol. The van der Waals surface area contributed by atoms with Crippen molar-refractivity contribution in [2.75, 3.05) is 27.3 Å². The first kappa shape index (κ1) is 17.6. The van der Waals surface area contributed by atoms with Crippen molar-refractivity contribution in [2.45, 2.75) is 38.3 Å². The first-order valence-corrected chi connectivity index (χ1v) is 8.88. The molecule has 0 amide bonds. The van der Waals surface area contributed by atoms with Crippen LogP contribution in [0.5, 0.6) is 0 Å². The minimum Gasteiger partial charge on any atom is -0.383 e. The topological polar surface area (TPSA) is 58.6 Å². The van der Waals surface area contributed by atoms with Crippen LogP contribution in [0.1, 0.15) is 24.3 Å². The number of nitrogens with one attached hydrogen (secondary N) is 1. The average molecular weight is 320 g/mol. The van der Waals surface area contributed by atoms with Gasteiger partial charge in [0, 0.05) is 38.2 Å². The first-order chi connectivity index (χ1) is 9.30. The third-order valence-corrected chi connectivity index (χ3v) is 6.26. The van der Waals surface area contributed by atoms with E-state index in [2.05, 4.69) is 5.32 Å². The molecule has 0 saturated heterocycles. The van der Waals surface area contributed by atoms with Crippen molar-refractivity contribution in [3.63, 3.8) is 0 Å². The third kappa shape index (κ3) is 4.26. The second kappa shape index (κ2) is 7.51. The quantitative estimate of drug-likeness (QED) is 0.794. The molecule has 0 saturated carbocycles. The normalized spacial score (nSPS) is 12.6. The van der Waals surface area contributed by atoms with Crippen molar-refractivity contribution in [2.24, 2.45) is 0 Å². The molecule has 0 fully saturated rings. The van der Waals surface area contributed by atoms with E-state index in [9.17, 15) is 8.42 Å². The Kier molecular flexibility index (Phi) is 6.60. The highest BCUT2D eigenvalue weighted by Gasteiger charge is 2.27. The molecule has 116 valence electrons. The van der Waals surface area contributed by atoms with Crippen LogP contribution in [0.2, 0.25) is 0 Å². The summed E-state index contributed by atoms with van der Waals surface area (Å²) >= 11 is 1.49. The molecule has 1 heterocycles. The van der Waals surface area contributed by atoms with Crippen LogP contribution in [0.4, 0.5) is 0 Å². The van der Waals surface area contributed by atoms with Gasteiger partial charge >= 0.3 is 0 Å². The van der Waals surface area contributed by atoms with E-state index < -0.39 is 10.0 Å². The summed E-state index contributed by atoms with van der Waals surface area (Å²) in [6.45, 7) is 7.23. The number of rotatable bonds is 8. The van der Waals surface area contributed by atoms with E-state index in [1.165, 1.54) is 15.6 Å². The van der Waals surface area contributed by atoms with E-state index in [-0.39, 0.29) is 0 Å². The largest absolute Gasteiger partial charge is 0.383 e. The molecular formula is C13H24N2O3S2. The van der Waals surface area contributed by atoms with Crippen LogP contribution >= 0.6 is 11.3 Å². The van der Waals surface area contributed by atoms with Crippen molar-refractivity contribution >= 4 is 21.4 Å². The Bertz CT molecular complexity index is 524. The van der Waals surface area contributed by atoms with Crippen LogP contribution in [-0.4, -0.2) is 46.1 Å². The second-order valence-corrected chi connectivity index (χ2v) is 7.97. The average Bonchev–Trinajstić information content (AvgIpc) is 2.75. The summed E-state index contributed by atoms with van der Waals surface area (Å²) in [4.78, 5) is 1.30. The number of likely N-dealkylation sites (N-methyl/N-ethyl adjacent to an activating group) is 1. The Morgan fingerprint density at radius 3 is 2.65 bits per heavy atom. The molecular weight excluding hydrogens is 296 g/mol. The number of hydrogen-bond donors (Lipinski definition) is 1. The highest BCUT2D eigenvalue weighted by Crippen LogP contribution is 2.29. The molecule has 1 aromatic heterocycles. The Hall–Kier alpha value is -0.470. The van der Waals surface area contributed by atoms with Crippen LogP contribution in [0.25, 0.3) is 0 Å². The van der Waals surface area contributed by atoms with Gasteiger partial charge in [0.25, 0.3) is 0 Å². The number of nitrogens with zero attached hydrogens (tertiary/aromatic N) is 1. The maximum absolute atomic E-state index is 12.6. The molecule has 0 bridgehead atoms. The Morgan fingerprint density at radius 1 is 1.45 bits per heavy atom. The third-order valence-electron chi connectivity index (χ3n) is 2.94.